The maximum Gasteiger partial charge on any atom is 0.158 e. The molecule has 1 aliphatic heterocycles. The second kappa shape index (κ2) is 5.95. The van der Waals surface area contributed by atoms with E-state index in [9.17, 15) is 0 Å². The average Bonchev–Trinajstić information content (AvgIpc) is 2.38. The summed E-state index contributed by atoms with van der Waals surface area (Å²) < 4.78 is 5.74. The number of likely N-dealkylation sites (N-methyl/N-ethyl adjacent to an activating group) is 1. The van der Waals surface area contributed by atoms with Crippen LogP contribution in [0.5, 0.6) is 0 Å². The van der Waals surface area contributed by atoms with Crippen molar-refractivity contribution in [1.82, 2.24) is 14.9 Å². The van der Waals surface area contributed by atoms with Crippen molar-refractivity contribution in [2.45, 2.75) is 31.7 Å². The lowest BCUT2D eigenvalue weighted by Gasteiger charge is -2.29. The van der Waals surface area contributed by atoms with E-state index in [1.807, 2.05) is 6.20 Å². The summed E-state index contributed by atoms with van der Waals surface area (Å²) in [5, 5.41) is 0. The Hall–Kier alpha value is -0.710. The van der Waals surface area contributed by atoms with Gasteiger partial charge in [0.05, 0.1) is 18.2 Å². The molecule has 0 N–H and O–H groups in total. The highest BCUT2D eigenvalue weighted by atomic mass is 35.5. The Labute approximate surface area is 113 Å². The average molecular weight is 270 g/mol. The van der Waals surface area contributed by atoms with Gasteiger partial charge in [-0.25, -0.2) is 9.97 Å². The first-order chi connectivity index (χ1) is 8.61. The first-order valence-electron chi connectivity index (χ1n) is 6.33. The second-order valence-corrected chi connectivity index (χ2v) is 5.32. The van der Waals surface area contributed by atoms with E-state index in [4.69, 9.17) is 16.3 Å². The Balaban J connectivity index is 2.25. The Morgan fingerprint density at radius 3 is 2.94 bits per heavy atom. The predicted molar refractivity (Wildman–Crippen MR) is 71.9 cm³/mol. The third-order valence-electron chi connectivity index (χ3n) is 3.17. The van der Waals surface area contributed by atoms with E-state index < -0.39 is 0 Å². The summed E-state index contributed by atoms with van der Waals surface area (Å²) in [5.41, 5.74) is 2.05. The molecule has 5 heteroatoms. The van der Waals surface area contributed by atoms with Gasteiger partial charge in [-0.05, 0) is 13.0 Å². The van der Waals surface area contributed by atoms with Crippen LogP contribution >= 0.6 is 11.6 Å². The molecule has 1 aliphatic rings. The summed E-state index contributed by atoms with van der Waals surface area (Å²) >= 11 is 5.92. The van der Waals surface area contributed by atoms with Gasteiger partial charge in [0.25, 0.3) is 0 Å². The van der Waals surface area contributed by atoms with E-state index in [0.717, 1.165) is 36.8 Å². The van der Waals surface area contributed by atoms with E-state index in [0.29, 0.717) is 11.8 Å². The van der Waals surface area contributed by atoms with Crippen LogP contribution in [0.4, 0.5) is 0 Å². The fourth-order valence-corrected chi connectivity index (χ4v) is 2.33. The number of halogens is 1. The summed E-state index contributed by atoms with van der Waals surface area (Å²) in [6.07, 6.45) is 1.81. The minimum Gasteiger partial charge on any atom is -0.368 e. The molecule has 0 amide bonds. The van der Waals surface area contributed by atoms with E-state index in [-0.39, 0.29) is 6.10 Å². The van der Waals surface area contributed by atoms with Gasteiger partial charge in [0, 0.05) is 24.8 Å². The number of morpholine rings is 1. The molecule has 0 saturated carbocycles. The maximum absolute atomic E-state index is 5.92. The summed E-state index contributed by atoms with van der Waals surface area (Å²) in [5.74, 6) is 1.58. The van der Waals surface area contributed by atoms with E-state index in [1.165, 1.54) is 0 Å². The van der Waals surface area contributed by atoms with Gasteiger partial charge in [0.1, 0.15) is 6.10 Å². The molecular formula is C13H20ClN3O. The van der Waals surface area contributed by atoms with Crippen molar-refractivity contribution in [3.63, 3.8) is 0 Å². The third kappa shape index (κ3) is 2.99. The molecule has 18 heavy (non-hydrogen) atoms. The summed E-state index contributed by atoms with van der Waals surface area (Å²) in [7, 11) is 2.09. The maximum atomic E-state index is 5.92. The van der Waals surface area contributed by atoms with Crippen molar-refractivity contribution < 1.29 is 4.74 Å². The van der Waals surface area contributed by atoms with Crippen molar-refractivity contribution in [2.24, 2.45) is 0 Å². The van der Waals surface area contributed by atoms with Crippen LogP contribution in [0, 0.1) is 0 Å². The van der Waals surface area contributed by atoms with E-state index in [2.05, 4.69) is 35.8 Å². The third-order valence-corrected chi connectivity index (χ3v) is 3.45. The number of hydrogen-bond acceptors (Lipinski definition) is 4. The Kier molecular flexibility index (Phi) is 4.54. The quantitative estimate of drug-likeness (QED) is 0.790. The van der Waals surface area contributed by atoms with Gasteiger partial charge in [-0.3, -0.25) is 0 Å². The predicted octanol–water partition coefficient (Wildman–Crippen LogP) is 2.34. The first kappa shape index (κ1) is 13.7. The van der Waals surface area contributed by atoms with E-state index >= 15 is 0 Å². The molecule has 1 fully saturated rings. The number of alkyl halides is 1. The Morgan fingerprint density at radius 1 is 1.56 bits per heavy atom. The number of rotatable bonds is 3. The van der Waals surface area contributed by atoms with Crippen LogP contribution in [-0.4, -0.2) is 41.6 Å². The van der Waals surface area contributed by atoms with Crippen molar-refractivity contribution in [1.29, 1.82) is 0 Å². The largest absolute Gasteiger partial charge is 0.368 e. The zero-order chi connectivity index (χ0) is 13.1. The standard InChI is InChI=1S/C13H20ClN3O/c1-9(2)12-10(6-14)7-15-13(16-12)11-8-17(3)4-5-18-11/h7,9,11H,4-6,8H2,1-3H3. The SMILES string of the molecule is CC(C)c1nc(C2CN(C)CCO2)ncc1CCl. The molecule has 0 bridgehead atoms. The molecule has 0 radical (unpaired) electrons. The minimum absolute atomic E-state index is 0.0226. The van der Waals surface area contributed by atoms with Crippen LogP contribution in [-0.2, 0) is 10.6 Å². The molecule has 100 valence electrons. The fourth-order valence-electron chi connectivity index (χ4n) is 2.13. The highest BCUT2D eigenvalue weighted by molar-refractivity contribution is 6.17. The molecule has 0 aromatic carbocycles. The Morgan fingerprint density at radius 2 is 2.33 bits per heavy atom. The number of aromatic nitrogens is 2. The summed E-state index contributed by atoms with van der Waals surface area (Å²) in [6, 6.07) is 0. The molecule has 4 nitrogen and oxygen atoms in total. The van der Waals surface area contributed by atoms with Gasteiger partial charge in [-0.2, -0.15) is 0 Å². The van der Waals surface area contributed by atoms with Gasteiger partial charge in [0.15, 0.2) is 5.82 Å². The number of nitrogens with zero attached hydrogens (tertiary/aromatic N) is 3. The van der Waals surface area contributed by atoms with E-state index in [1.54, 1.807) is 0 Å². The molecule has 1 unspecified atom stereocenters. The van der Waals surface area contributed by atoms with Crippen molar-refractivity contribution >= 4 is 11.6 Å². The molecule has 0 aliphatic carbocycles. The topological polar surface area (TPSA) is 38.2 Å². The van der Waals surface area contributed by atoms with Crippen molar-refractivity contribution in [3.8, 4) is 0 Å². The first-order valence-corrected chi connectivity index (χ1v) is 6.87. The normalized spacial score (nSPS) is 21.5. The lowest BCUT2D eigenvalue weighted by atomic mass is 10.1. The lowest BCUT2D eigenvalue weighted by molar-refractivity contribution is -0.0256. The minimum atomic E-state index is -0.0226. The number of ether oxygens (including phenoxy) is 1. The van der Waals surface area contributed by atoms with Gasteiger partial charge >= 0.3 is 0 Å². The van der Waals surface area contributed by atoms with Gasteiger partial charge in [-0.1, -0.05) is 13.8 Å². The zero-order valence-corrected chi connectivity index (χ0v) is 11.9. The highest BCUT2D eigenvalue weighted by Crippen LogP contribution is 2.23. The van der Waals surface area contributed by atoms with Gasteiger partial charge in [0.2, 0.25) is 0 Å². The van der Waals surface area contributed by atoms with Crippen LogP contribution in [0.1, 0.15) is 43.0 Å². The molecule has 0 spiro atoms. The molecule has 1 atom stereocenters. The van der Waals surface area contributed by atoms with Gasteiger partial charge < -0.3 is 9.64 Å². The monoisotopic (exact) mass is 269 g/mol. The summed E-state index contributed by atoms with van der Waals surface area (Å²) in [4.78, 5) is 11.3. The van der Waals surface area contributed by atoms with Crippen molar-refractivity contribution in [2.75, 3.05) is 26.7 Å². The van der Waals surface area contributed by atoms with Crippen LogP contribution in [0.2, 0.25) is 0 Å². The fraction of sp³-hybridized carbons (Fsp3) is 0.692. The van der Waals surface area contributed by atoms with Crippen molar-refractivity contribution in [3.05, 3.63) is 23.3 Å². The number of hydrogen-bond donors (Lipinski definition) is 0. The Bertz CT molecular complexity index is 411. The molecular weight excluding hydrogens is 250 g/mol. The van der Waals surface area contributed by atoms with Gasteiger partial charge in [-0.15, -0.1) is 11.6 Å². The molecule has 1 aromatic rings. The molecule has 1 saturated heterocycles. The smallest absolute Gasteiger partial charge is 0.158 e. The highest BCUT2D eigenvalue weighted by Gasteiger charge is 2.23. The van der Waals surface area contributed by atoms with Crippen LogP contribution in [0.25, 0.3) is 0 Å². The van der Waals surface area contributed by atoms with Crippen LogP contribution in [0.3, 0.4) is 0 Å². The molecule has 2 rings (SSSR count). The molecule has 2 heterocycles. The van der Waals surface area contributed by atoms with Crippen LogP contribution < -0.4 is 0 Å². The molecule has 1 aromatic heterocycles. The second-order valence-electron chi connectivity index (χ2n) is 5.05. The summed E-state index contributed by atoms with van der Waals surface area (Å²) in [6.45, 7) is 6.79. The van der Waals surface area contributed by atoms with Crippen LogP contribution in [0.15, 0.2) is 6.20 Å². The zero-order valence-electron chi connectivity index (χ0n) is 11.2. The lowest BCUT2D eigenvalue weighted by Crippen LogP contribution is -2.36.